The van der Waals surface area contributed by atoms with Gasteiger partial charge in [0.2, 0.25) is 10.0 Å². The summed E-state index contributed by atoms with van der Waals surface area (Å²) in [5.41, 5.74) is 2.43. The number of halogens is 1. The zero-order valence-corrected chi connectivity index (χ0v) is 13.9. The Balaban J connectivity index is 2.27. The van der Waals surface area contributed by atoms with Crippen molar-refractivity contribution in [3.8, 4) is 0 Å². The molecule has 1 unspecified atom stereocenters. The van der Waals surface area contributed by atoms with Gasteiger partial charge >= 0.3 is 0 Å². The molecule has 1 aromatic heterocycles. The maximum atomic E-state index is 11.3. The molecule has 0 amide bonds. The minimum Gasteiger partial charge on any atom is -0.376 e. The summed E-state index contributed by atoms with van der Waals surface area (Å²) >= 11 is 3.34. The Labute approximate surface area is 132 Å². The monoisotopic (exact) mass is 370 g/mol. The molecule has 2 rings (SSSR count). The first-order valence-corrected chi connectivity index (χ1v) is 8.49. The van der Waals surface area contributed by atoms with Crippen molar-refractivity contribution >= 4 is 31.6 Å². The Morgan fingerprint density at radius 3 is 2.52 bits per heavy atom. The first-order valence-electron chi connectivity index (χ1n) is 6.15. The van der Waals surface area contributed by atoms with Gasteiger partial charge in [0.1, 0.15) is 0 Å². The largest absolute Gasteiger partial charge is 0.376 e. The molecule has 1 atom stereocenters. The lowest BCUT2D eigenvalue weighted by Crippen LogP contribution is -2.13. The van der Waals surface area contributed by atoms with Gasteiger partial charge in [-0.05, 0) is 48.0 Å². The van der Waals surface area contributed by atoms with Crippen molar-refractivity contribution in [1.82, 2.24) is 9.97 Å². The van der Waals surface area contributed by atoms with E-state index in [0.29, 0.717) is 4.47 Å². The highest BCUT2D eigenvalue weighted by Gasteiger charge is 2.14. The zero-order valence-electron chi connectivity index (χ0n) is 11.5. The van der Waals surface area contributed by atoms with E-state index >= 15 is 0 Å². The summed E-state index contributed by atoms with van der Waals surface area (Å²) in [5, 5.41) is 8.36. The average molecular weight is 371 g/mol. The molecule has 1 heterocycles. The molecule has 2 aromatic rings. The van der Waals surface area contributed by atoms with Gasteiger partial charge in [-0.25, -0.2) is 13.6 Å². The van der Waals surface area contributed by atoms with E-state index in [0.717, 1.165) is 17.1 Å². The number of hydrogen-bond donors (Lipinski definition) is 2. The van der Waals surface area contributed by atoms with Gasteiger partial charge in [-0.15, -0.1) is 0 Å². The lowest BCUT2D eigenvalue weighted by atomic mass is 10.1. The molecule has 3 N–H and O–H groups in total. The van der Waals surface area contributed by atoms with E-state index in [1.54, 1.807) is 18.5 Å². The van der Waals surface area contributed by atoms with Crippen LogP contribution in [-0.2, 0) is 10.0 Å². The summed E-state index contributed by atoms with van der Waals surface area (Å²) in [4.78, 5) is 8.56. The van der Waals surface area contributed by atoms with Crippen LogP contribution in [0, 0.1) is 6.92 Å². The smallest absolute Gasteiger partial charge is 0.238 e. The Hall–Kier alpha value is -1.51. The molecule has 0 radical (unpaired) electrons. The highest BCUT2D eigenvalue weighted by Crippen LogP contribution is 2.28. The van der Waals surface area contributed by atoms with E-state index < -0.39 is 10.0 Å². The Bertz CT molecular complexity index is 765. The molecule has 0 fully saturated rings. The third-order valence-corrected chi connectivity index (χ3v) is 4.54. The Morgan fingerprint density at radius 1 is 1.29 bits per heavy atom. The number of benzene rings is 1. The van der Waals surface area contributed by atoms with Crippen LogP contribution in [0.1, 0.15) is 24.4 Å². The lowest BCUT2D eigenvalue weighted by Gasteiger charge is -2.17. The normalized spacial score (nSPS) is 13.0. The molecule has 112 valence electrons. The molecule has 0 aliphatic rings. The molecular weight excluding hydrogens is 356 g/mol. The molecule has 0 aliphatic carbocycles. The van der Waals surface area contributed by atoms with Crippen molar-refractivity contribution in [1.29, 1.82) is 0 Å². The van der Waals surface area contributed by atoms with Gasteiger partial charge in [0.05, 0.1) is 22.3 Å². The molecule has 0 saturated carbocycles. The fourth-order valence-corrected chi connectivity index (χ4v) is 3.12. The topological polar surface area (TPSA) is 98.0 Å². The van der Waals surface area contributed by atoms with Crippen LogP contribution in [0.15, 0.2) is 40.0 Å². The molecule has 0 bridgehead atoms. The number of primary sulfonamides is 1. The van der Waals surface area contributed by atoms with E-state index in [-0.39, 0.29) is 10.9 Å². The molecule has 6 nitrogen and oxygen atoms in total. The number of aryl methyl sites for hydroxylation is 1. The second-order valence-electron chi connectivity index (χ2n) is 4.58. The minimum atomic E-state index is -3.71. The first-order chi connectivity index (χ1) is 9.79. The first kappa shape index (κ1) is 15.9. The predicted molar refractivity (Wildman–Crippen MR) is 84.3 cm³/mol. The highest BCUT2D eigenvalue weighted by atomic mass is 79.9. The molecule has 1 aromatic carbocycles. The highest BCUT2D eigenvalue weighted by molar-refractivity contribution is 9.10. The van der Waals surface area contributed by atoms with Crippen LogP contribution < -0.4 is 10.5 Å². The number of hydrogen-bond acceptors (Lipinski definition) is 5. The number of nitrogens with zero attached hydrogens (tertiary/aromatic N) is 2. The third kappa shape index (κ3) is 3.78. The SMILES string of the molecule is Cc1nccnc1C(C)Nc1ccc(S(N)(=O)=O)cc1Br. The van der Waals surface area contributed by atoms with Gasteiger partial charge in [-0.1, -0.05) is 0 Å². The number of nitrogens with one attached hydrogen (secondary N) is 1. The fourth-order valence-electron chi connectivity index (χ4n) is 1.93. The minimum absolute atomic E-state index is 0.0586. The van der Waals surface area contributed by atoms with Gasteiger partial charge in [0.25, 0.3) is 0 Å². The van der Waals surface area contributed by atoms with Crippen molar-refractivity contribution in [2.24, 2.45) is 5.14 Å². The average Bonchev–Trinajstić information content (AvgIpc) is 2.40. The summed E-state index contributed by atoms with van der Waals surface area (Å²) in [6.07, 6.45) is 3.28. The van der Waals surface area contributed by atoms with E-state index in [9.17, 15) is 8.42 Å². The van der Waals surface area contributed by atoms with Crippen molar-refractivity contribution in [2.45, 2.75) is 24.8 Å². The standard InChI is InChI=1S/C13H15BrN4O2S/c1-8-13(17-6-5-16-8)9(2)18-12-4-3-10(7-11(12)14)21(15,19)20/h3-7,9,18H,1-2H3,(H2,15,19,20). The summed E-state index contributed by atoms with van der Waals surface area (Å²) in [7, 11) is -3.71. The van der Waals surface area contributed by atoms with E-state index in [1.807, 2.05) is 13.8 Å². The fraction of sp³-hybridized carbons (Fsp3) is 0.231. The predicted octanol–water partition coefficient (Wildman–Crippen LogP) is 2.37. The van der Waals surface area contributed by atoms with Crippen molar-refractivity contribution in [3.05, 3.63) is 46.5 Å². The van der Waals surface area contributed by atoms with Crippen molar-refractivity contribution in [2.75, 3.05) is 5.32 Å². The van der Waals surface area contributed by atoms with Crippen LogP contribution in [0.25, 0.3) is 0 Å². The van der Waals surface area contributed by atoms with Gasteiger partial charge < -0.3 is 5.32 Å². The van der Waals surface area contributed by atoms with Crippen molar-refractivity contribution < 1.29 is 8.42 Å². The summed E-state index contributed by atoms with van der Waals surface area (Å²) < 4.78 is 23.2. The van der Waals surface area contributed by atoms with Crippen molar-refractivity contribution in [3.63, 3.8) is 0 Å². The van der Waals surface area contributed by atoms with E-state index in [4.69, 9.17) is 5.14 Å². The summed E-state index contributed by atoms with van der Waals surface area (Å²) in [6.45, 7) is 3.84. The van der Waals surface area contributed by atoms with Gasteiger partial charge in [-0.3, -0.25) is 9.97 Å². The number of aromatic nitrogens is 2. The number of rotatable bonds is 4. The maximum absolute atomic E-state index is 11.3. The van der Waals surface area contributed by atoms with E-state index in [2.05, 4.69) is 31.2 Å². The molecule has 8 heteroatoms. The van der Waals surface area contributed by atoms with Gasteiger partial charge in [-0.2, -0.15) is 0 Å². The zero-order chi connectivity index (χ0) is 15.6. The van der Waals surface area contributed by atoms with E-state index in [1.165, 1.54) is 12.1 Å². The van der Waals surface area contributed by atoms with Crippen LogP contribution in [0.2, 0.25) is 0 Å². The second kappa shape index (κ2) is 6.08. The Morgan fingerprint density at radius 2 is 1.95 bits per heavy atom. The molecule has 21 heavy (non-hydrogen) atoms. The quantitative estimate of drug-likeness (QED) is 0.860. The number of sulfonamides is 1. The van der Waals surface area contributed by atoms with Crippen LogP contribution in [0.3, 0.4) is 0 Å². The third-order valence-electron chi connectivity index (χ3n) is 2.97. The summed E-state index contributed by atoms with van der Waals surface area (Å²) in [6, 6.07) is 4.51. The maximum Gasteiger partial charge on any atom is 0.238 e. The van der Waals surface area contributed by atoms with Crippen LogP contribution in [0.4, 0.5) is 5.69 Å². The number of anilines is 1. The van der Waals surface area contributed by atoms with Crippen LogP contribution in [-0.4, -0.2) is 18.4 Å². The van der Waals surface area contributed by atoms with Crippen LogP contribution >= 0.6 is 15.9 Å². The van der Waals surface area contributed by atoms with Gasteiger partial charge in [0, 0.05) is 22.6 Å². The summed E-state index contributed by atoms with van der Waals surface area (Å²) in [5.74, 6) is 0. The number of nitrogens with two attached hydrogens (primary N) is 1. The lowest BCUT2D eigenvalue weighted by molar-refractivity contribution is 0.598. The van der Waals surface area contributed by atoms with Gasteiger partial charge in [0.15, 0.2) is 0 Å². The second-order valence-corrected chi connectivity index (χ2v) is 7.00. The molecule has 0 aliphatic heterocycles. The molecule has 0 saturated heterocycles. The van der Waals surface area contributed by atoms with Crippen LogP contribution in [0.5, 0.6) is 0 Å². The molecule has 0 spiro atoms. The molecular formula is C13H15BrN4O2S. The Kier molecular flexibility index (Phi) is 4.60.